The van der Waals surface area contributed by atoms with Crippen molar-refractivity contribution in [2.45, 2.75) is 12.5 Å². The molecule has 0 aromatic carbocycles. The number of carbonyl (C=O) groups is 1. The van der Waals surface area contributed by atoms with E-state index in [0.29, 0.717) is 0 Å². The SMILES string of the molecule is NC(Cc1ccn2ncncc12)C(=O)O. The topological polar surface area (TPSA) is 93.5 Å². The summed E-state index contributed by atoms with van der Waals surface area (Å²) in [5, 5.41) is 12.7. The zero-order valence-corrected chi connectivity index (χ0v) is 7.87. The average molecular weight is 206 g/mol. The summed E-state index contributed by atoms with van der Waals surface area (Å²) in [6.45, 7) is 0. The molecule has 1 unspecified atom stereocenters. The molecule has 6 heteroatoms. The molecule has 2 rings (SSSR count). The van der Waals surface area contributed by atoms with E-state index in [1.54, 1.807) is 23.0 Å². The molecule has 0 amide bonds. The second-order valence-corrected chi connectivity index (χ2v) is 3.23. The first-order valence-corrected chi connectivity index (χ1v) is 4.43. The van der Waals surface area contributed by atoms with Gasteiger partial charge in [0, 0.05) is 12.6 Å². The smallest absolute Gasteiger partial charge is 0.320 e. The third kappa shape index (κ3) is 1.79. The number of hydrogen-bond acceptors (Lipinski definition) is 4. The van der Waals surface area contributed by atoms with Crippen molar-refractivity contribution in [1.29, 1.82) is 0 Å². The Balaban J connectivity index is 2.32. The van der Waals surface area contributed by atoms with Gasteiger partial charge in [-0.3, -0.25) is 4.79 Å². The molecule has 0 radical (unpaired) electrons. The molecule has 3 N–H and O–H groups in total. The van der Waals surface area contributed by atoms with Gasteiger partial charge in [-0.05, 0) is 11.6 Å². The molecular weight excluding hydrogens is 196 g/mol. The number of aliphatic carboxylic acids is 1. The van der Waals surface area contributed by atoms with Crippen LogP contribution >= 0.6 is 0 Å². The van der Waals surface area contributed by atoms with Crippen molar-refractivity contribution in [3.63, 3.8) is 0 Å². The first-order chi connectivity index (χ1) is 7.18. The van der Waals surface area contributed by atoms with Gasteiger partial charge in [-0.25, -0.2) is 9.50 Å². The number of nitrogens with two attached hydrogens (primary N) is 1. The summed E-state index contributed by atoms with van der Waals surface area (Å²) in [6.07, 6.45) is 5.09. The Morgan fingerprint density at radius 1 is 1.67 bits per heavy atom. The van der Waals surface area contributed by atoms with E-state index in [4.69, 9.17) is 10.8 Å². The minimum Gasteiger partial charge on any atom is -0.480 e. The predicted molar refractivity (Wildman–Crippen MR) is 52.3 cm³/mol. The fourth-order valence-electron chi connectivity index (χ4n) is 1.40. The summed E-state index contributed by atoms with van der Waals surface area (Å²) < 4.78 is 1.64. The van der Waals surface area contributed by atoms with Crippen LogP contribution in [0.25, 0.3) is 5.52 Å². The van der Waals surface area contributed by atoms with Gasteiger partial charge >= 0.3 is 5.97 Å². The third-order valence-electron chi connectivity index (χ3n) is 2.19. The first kappa shape index (κ1) is 9.60. The molecule has 0 bridgehead atoms. The lowest BCUT2D eigenvalue weighted by atomic mass is 10.1. The normalized spacial score (nSPS) is 12.9. The fraction of sp³-hybridized carbons (Fsp3) is 0.222. The van der Waals surface area contributed by atoms with Gasteiger partial charge in [0.15, 0.2) is 0 Å². The number of carboxylic acids is 1. The van der Waals surface area contributed by atoms with Gasteiger partial charge in [-0.2, -0.15) is 5.10 Å². The minimum atomic E-state index is -1.01. The van der Waals surface area contributed by atoms with E-state index in [0.717, 1.165) is 11.1 Å². The van der Waals surface area contributed by atoms with Crippen LogP contribution in [-0.4, -0.2) is 31.7 Å². The highest BCUT2D eigenvalue weighted by Crippen LogP contribution is 2.11. The van der Waals surface area contributed by atoms with Gasteiger partial charge in [0.1, 0.15) is 12.4 Å². The van der Waals surface area contributed by atoms with E-state index >= 15 is 0 Å². The predicted octanol–water partition coefficient (Wildman–Crippen LogP) is -0.316. The van der Waals surface area contributed by atoms with Crippen LogP contribution in [0.2, 0.25) is 0 Å². The third-order valence-corrected chi connectivity index (χ3v) is 2.19. The summed E-state index contributed by atoms with van der Waals surface area (Å²) in [7, 11) is 0. The van der Waals surface area contributed by atoms with E-state index in [9.17, 15) is 4.79 Å². The highest BCUT2D eigenvalue weighted by atomic mass is 16.4. The zero-order chi connectivity index (χ0) is 10.8. The van der Waals surface area contributed by atoms with Gasteiger partial charge in [0.25, 0.3) is 0 Å². The number of carboxylic acid groups (broad SMARTS) is 1. The summed E-state index contributed by atoms with van der Waals surface area (Å²) in [6, 6.07) is 0.906. The monoisotopic (exact) mass is 206 g/mol. The van der Waals surface area contributed by atoms with E-state index in [-0.39, 0.29) is 6.42 Å². The Hall–Kier alpha value is -1.95. The van der Waals surface area contributed by atoms with Crippen LogP contribution in [0.5, 0.6) is 0 Å². The molecule has 15 heavy (non-hydrogen) atoms. The fourth-order valence-corrected chi connectivity index (χ4v) is 1.40. The van der Waals surface area contributed by atoms with Crippen LogP contribution in [-0.2, 0) is 11.2 Å². The maximum absolute atomic E-state index is 10.6. The van der Waals surface area contributed by atoms with Crippen molar-refractivity contribution in [2.75, 3.05) is 0 Å². The second kappa shape index (κ2) is 3.66. The van der Waals surface area contributed by atoms with Crippen LogP contribution in [0, 0.1) is 0 Å². The molecule has 2 heterocycles. The summed E-state index contributed by atoms with van der Waals surface area (Å²) in [4.78, 5) is 14.5. The Kier molecular flexibility index (Phi) is 2.34. The summed E-state index contributed by atoms with van der Waals surface area (Å²) >= 11 is 0. The van der Waals surface area contributed by atoms with Crippen LogP contribution in [0.3, 0.4) is 0 Å². The molecule has 2 aromatic rings. The lowest BCUT2D eigenvalue weighted by Crippen LogP contribution is -2.32. The molecule has 0 aliphatic carbocycles. The van der Waals surface area contributed by atoms with Gasteiger partial charge in [-0.15, -0.1) is 0 Å². The molecule has 0 aliphatic rings. The molecule has 1 atom stereocenters. The van der Waals surface area contributed by atoms with Crippen molar-refractivity contribution in [3.05, 3.63) is 30.4 Å². The van der Waals surface area contributed by atoms with Crippen molar-refractivity contribution in [3.8, 4) is 0 Å². The van der Waals surface area contributed by atoms with Crippen molar-refractivity contribution in [2.24, 2.45) is 5.73 Å². The largest absolute Gasteiger partial charge is 0.480 e. The Labute approximate surface area is 85.3 Å². The standard InChI is InChI=1S/C9H10N4O2/c10-7(9(14)15)3-6-1-2-13-8(6)4-11-5-12-13/h1-2,4-5,7H,3,10H2,(H,14,15). The highest BCUT2D eigenvalue weighted by Gasteiger charge is 2.14. The maximum atomic E-state index is 10.6. The van der Waals surface area contributed by atoms with Gasteiger partial charge in [0.2, 0.25) is 0 Å². The molecule has 0 fully saturated rings. The van der Waals surface area contributed by atoms with Crippen molar-refractivity contribution in [1.82, 2.24) is 14.6 Å². The Bertz CT molecular complexity index is 494. The van der Waals surface area contributed by atoms with Crippen LogP contribution in [0.1, 0.15) is 5.56 Å². The molecule has 78 valence electrons. The molecule has 0 spiro atoms. The quantitative estimate of drug-likeness (QED) is 0.718. The van der Waals surface area contributed by atoms with Gasteiger partial charge in [-0.1, -0.05) is 0 Å². The Morgan fingerprint density at radius 3 is 3.20 bits per heavy atom. The molecule has 6 nitrogen and oxygen atoms in total. The lowest BCUT2D eigenvalue weighted by molar-refractivity contribution is -0.138. The van der Waals surface area contributed by atoms with E-state index in [2.05, 4.69) is 10.1 Å². The van der Waals surface area contributed by atoms with E-state index in [1.807, 2.05) is 0 Å². The number of fused-ring (bicyclic) bond motifs is 1. The molecule has 2 aromatic heterocycles. The minimum absolute atomic E-state index is 0.277. The first-order valence-electron chi connectivity index (χ1n) is 4.43. The molecule has 0 saturated heterocycles. The number of aromatic nitrogens is 3. The molecule has 0 saturated carbocycles. The molecular formula is C9H10N4O2. The van der Waals surface area contributed by atoms with E-state index in [1.165, 1.54) is 6.33 Å². The average Bonchev–Trinajstić information content (AvgIpc) is 2.62. The summed E-state index contributed by atoms with van der Waals surface area (Å²) in [5.41, 5.74) is 7.07. The van der Waals surface area contributed by atoms with Gasteiger partial charge < -0.3 is 10.8 Å². The van der Waals surface area contributed by atoms with Crippen LogP contribution in [0.15, 0.2) is 24.8 Å². The highest BCUT2D eigenvalue weighted by molar-refractivity contribution is 5.74. The zero-order valence-electron chi connectivity index (χ0n) is 7.87. The van der Waals surface area contributed by atoms with Crippen LogP contribution < -0.4 is 5.73 Å². The maximum Gasteiger partial charge on any atom is 0.320 e. The Morgan fingerprint density at radius 2 is 2.47 bits per heavy atom. The lowest BCUT2D eigenvalue weighted by Gasteiger charge is -2.04. The summed E-state index contributed by atoms with van der Waals surface area (Å²) in [5.74, 6) is -1.01. The van der Waals surface area contributed by atoms with Gasteiger partial charge in [0.05, 0.1) is 11.7 Å². The molecule has 0 aliphatic heterocycles. The van der Waals surface area contributed by atoms with Crippen molar-refractivity contribution < 1.29 is 9.90 Å². The number of rotatable bonds is 3. The number of nitrogens with zero attached hydrogens (tertiary/aromatic N) is 3. The van der Waals surface area contributed by atoms with Crippen LogP contribution in [0.4, 0.5) is 0 Å². The van der Waals surface area contributed by atoms with Crippen molar-refractivity contribution >= 4 is 11.5 Å². The second-order valence-electron chi connectivity index (χ2n) is 3.23. The number of hydrogen-bond donors (Lipinski definition) is 2. The van der Waals surface area contributed by atoms with E-state index < -0.39 is 12.0 Å².